The lowest BCUT2D eigenvalue weighted by Crippen LogP contribution is -2.30. The third-order valence-corrected chi connectivity index (χ3v) is 4.29. The van der Waals surface area contributed by atoms with E-state index in [0.717, 1.165) is 12.4 Å². The highest BCUT2D eigenvalue weighted by atomic mass is 15.2. The molecular weight excluding hydrogens is 272 g/mol. The van der Waals surface area contributed by atoms with E-state index in [-0.39, 0.29) is 0 Å². The lowest BCUT2D eigenvalue weighted by molar-refractivity contribution is 0.202. The fraction of sp³-hybridized carbons (Fsp3) is 0.444. The van der Waals surface area contributed by atoms with Crippen molar-refractivity contribution in [2.75, 3.05) is 11.9 Å². The number of hydrogen-bond donors (Lipinski definition) is 1. The summed E-state index contributed by atoms with van der Waals surface area (Å²) in [6, 6.07) is 11.4. The van der Waals surface area contributed by atoms with Crippen molar-refractivity contribution < 1.29 is 0 Å². The van der Waals surface area contributed by atoms with Gasteiger partial charge in [0.2, 0.25) is 0 Å². The maximum absolute atomic E-state index is 4.83. The first-order valence-electron chi connectivity index (χ1n) is 8.09. The van der Waals surface area contributed by atoms with Gasteiger partial charge in [0, 0.05) is 25.0 Å². The Morgan fingerprint density at radius 3 is 2.82 bits per heavy atom. The summed E-state index contributed by atoms with van der Waals surface area (Å²) in [4.78, 5) is 11.4. The first-order valence-corrected chi connectivity index (χ1v) is 8.09. The normalized spacial score (nSPS) is 18.8. The Balaban J connectivity index is 1.70. The van der Waals surface area contributed by atoms with Crippen molar-refractivity contribution in [3.63, 3.8) is 0 Å². The van der Waals surface area contributed by atoms with Crippen LogP contribution < -0.4 is 5.32 Å². The number of aromatic nitrogens is 2. The molecule has 1 aliphatic rings. The molecule has 1 fully saturated rings. The standard InChI is InChI=1S/C18H24N4/c1-14(2)22-12-4-6-17(22)16-5-3-7-18(21-16)20-13-15-8-10-19-11-9-15/h3,5,7-11,14,17H,4,6,12-13H2,1-2H3,(H,20,21)/t17-/m1/s1. The molecule has 0 spiro atoms. The van der Waals surface area contributed by atoms with Gasteiger partial charge in [-0.05, 0) is 63.1 Å². The first kappa shape index (κ1) is 15.0. The number of nitrogens with zero attached hydrogens (tertiary/aromatic N) is 3. The van der Waals surface area contributed by atoms with Gasteiger partial charge < -0.3 is 5.32 Å². The monoisotopic (exact) mass is 296 g/mol. The Labute approximate surface area is 132 Å². The van der Waals surface area contributed by atoms with Crippen molar-refractivity contribution in [1.82, 2.24) is 14.9 Å². The van der Waals surface area contributed by atoms with Gasteiger partial charge in [-0.1, -0.05) is 6.07 Å². The predicted octanol–water partition coefficient (Wildman–Crippen LogP) is 3.63. The number of anilines is 1. The van der Waals surface area contributed by atoms with Gasteiger partial charge in [-0.3, -0.25) is 9.88 Å². The van der Waals surface area contributed by atoms with Crippen molar-refractivity contribution in [3.05, 3.63) is 54.0 Å². The van der Waals surface area contributed by atoms with Crippen LogP contribution in [0.5, 0.6) is 0 Å². The molecule has 0 unspecified atom stereocenters. The molecule has 0 amide bonds. The average Bonchev–Trinajstić information content (AvgIpc) is 3.04. The smallest absolute Gasteiger partial charge is 0.126 e. The number of rotatable bonds is 5. The highest BCUT2D eigenvalue weighted by Crippen LogP contribution is 2.32. The van der Waals surface area contributed by atoms with E-state index in [4.69, 9.17) is 4.98 Å². The van der Waals surface area contributed by atoms with E-state index < -0.39 is 0 Å². The second-order valence-corrected chi connectivity index (χ2v) is 6.15. The predicted molar refractivity (Wildman–Crippen MR) is 89.6 cm³/mol. The average molecular weight is 296 g/mol. The third kappa shape index (κ3) is 3.45. The van der Waals surface area contributed by atoms with Gasteiger partial charge in [-0.15, -0.1) is 0 Å². The van der Waals surface area contributed by atoms with Crippen LogP contribution in [0.4, 0.5) is 5.82 Å². The molecule has 4 heteroatoms. The Morgan fingerprint density at radius 2 is 2.05 bits per heavy atom. The summed E-state index contributed by atoms with van der Waals surface area (Å²) in [6.45, 7) is 6.49. The molecule has 2 aromatic rings. The van der Waals surface area contributed by atoms with Crippen LogP contribution in [0, 0.1) is 0 Å². The molecule has 0 aromatic carbocycles. The summed E-state index contributed by atoms with van der Waals surface area (Å²) < 4.78 is 0. The molecule has 2 aromatic heterocycles. The number of hydrogen-bond acceptors (Lipinski definition) is 4. The zero-order chi connectivity index (χ0) is 15.4. The molecule has 0 aliphatic carbocycles. The van der Waals surface area contributed by atoms with Crippen LogP contribution >= 0.6 is 0 Å². The molecule has 116 valence electrons. The Hall–Kier alpha value is -1.94. The van der Waals surface area contributed by atoms with Crippen LogP contribution in [-0.4, -0.2) is 27.5 Å². The quantitative estimate of drug-likeness (QED) is 0.914. The van der Waals surface area contributed by atoms with E-state index in [9.17, 15) is 0 Å². The minimum atomic E-state index is 0.461. The van der Waals surface area contributed by atoms with Crippen molar-refractivity contribution in [1.29, 1.82) is 0 Å². The lowest BCUT2D eigenvalue weighted by Gasteiger charge is -2.28. The summed E-state index contributed by atoms with van der Waals surface area (Å²) in [6.07, 6.45) is 6.11. The zero-order valence-corrected chi connectivity index (χ0v) is 13.4. The molecule has 0 radical (unpaired) electrons. The summed E-state index contributed by atoms with van der Waals surface area (Å²) in [5.74, 6) is 0.949. The first-order chi connectivity index (χ1) is 10.7. The van der Waals surface area contributed by atoms with E-state index in [1.54, 1.807) is 0 Å². The molecule has 0 bridgehead atoms. The molecule has 3 heterocycles. The Kier molecular flexibility index (Phi) is 4.68. The van der Waals surface area contributed by atoms with Gasteiger partial charge in [0.05, 0.1) is 11.7 Å². The van der Waals surface area contributed by atoms with E-state index in [1.807, 2.05) is 30.6 Å². The van der Waals surface area contributed by atoms with Crippen molar-refractivity contribution in [3.8, 4) is 0 Å². The fourth-order valence-corrected chi connectivity index (χ4v) is 3.15. The van der Waals surface area contributed by atoms with Crippen molar-refractivity contribution >= 4 is 5.82 Å². The largest absolute Gasteiger partial charge is 0.366 e. The van der Waals surface area contributed by atoms with E-state index in [1.165, 1.54) is 30.6 Å². The highest BCUT2D eigenvalue weighted by Gasteiger charge is 2.28. The van der Waals surface area contributed by atoms with Crippen molar-refractivity contribution in [2.45, 2.75) is 45.3 Å². The van der Waals surface area contributed by atoms with Gasteiger partial charge in [-0.2, -0.15) is 0 Å². The molecule has 3 rings (SSSR count). The topological polar surface area (TPSA) is 41.0 Å². The minimum absolute atomic E-state index is 0.461. The van der Waals surface area contributed by atoms with Gasteiger partial charge >= 0.3 is 0 Å². The molecule has 0 saturated carbocycles. The zero-order valence-electron chi connectivity index (χ0n) is 13.4. The maximum atomic E-state index is 4.83. The van der Waals surface area contributed by atoms with Crippen LogP contribution in [0.1, 0.15) is 44.0 Å². The maximum Gasteiger partial charge on any atom is 0.126 e. The summed E-state index contributed by atoms with van der Waals surface area (Å²) in [7, 11) is 0. The molecule has 1 atom stereocenters. The molecule has 1 N–H and O–H groups in total. The fourth-order valence-electron chi connectivity index (χ4n) is 3.15. The number of nitrogens with one attached hydrogen (secondary N) is 1. The van der Waals surface area contributed by atoms with Crippen LogP contribution in [0.2, 0.25) is 0 Å². The van der Waals surface area contributed by atoms with E-state index in [0.29, 0.717) is 12.1 Å². The third-order valence-electron chi connectivity index (χ3n) is 4.29. The molecule has 4 nitrogen and oxygen atoms in total. The minimum Gasteiger partial charge on any atom is -0.366 e. The molecule has 1 saturated heterocycles. The molecular formula is C18H24N4. The lowest BCUT2D eigenvalue weighted by atomic mass is 10.1. The number of likely N-dealkylation sites (tertiary alicyclic amines) is 1. The van der Waals surface area contributed by atoms with Crippen LogP contribution in [0.25, 0.3) is 0 Å². The Morgan fingerprint density at radius 1 is 1.23 bits per heavy atom. The summed E-state index contributed by atoms with van der Waals surface area (Å²) in [5.41, 5.74) is 2.40. The molecule has 1 aliphatic heterocycles. The van der Waals surface area contributed by atoms with Gasteiger partial charge in [0.1, 0.15) is 5.82 Å². The SMILES string of the molecule is CC(C)N1CCC[C@@H]1c1cccc(NCc2ccncc2)n1. The van der Waals surface area contributed by atoms with Crippen LogP contribution in [0.15, 0.2) is 42.7 Å². The van der Waals surface area contributed by atoms with Gasteiger partial charge in [-0.25, -0.2) is 4.98 Å². The second-order valence-electron chi connectivity index (χ2n) is 6.15. The van der Waals surface area contributed by atoms with E-state index in [2.05, 4.69) is 41.2 Å². The van der Waals surface area contributed by atoms with Crippen molar-refractivity contribution in [2.24, 2.45) is 0 Å². The highest BCUT2D eigenvalue weighted by molar-refractivity contribution is 5.37. The van der Waals surface area contributed by atoms with Gasteiger partial charge in [0.15, 0.2) is 0 Å². The summed E-state index contributed by atoms with van der Waals surface area (Å²) in [5, 5.41) is 3.41. The van der Waals surface area contributed by atoms with Crippen LogP contribution in [0.3, 0.4) is 0 Å². The van der Waals surface area contributed by atoms with Gasteiger partial charge in [0.25, 0.3) is 0 Å². The molecule has 22 heavy (non-hydrogen) atoms. The van der Waals surface area contributed by atoms with E-state index >= 15 is 0 Å². The Bertz CT molecular complexity index is 597. The summed E-state index contributed by atoms with van der Waals surface area (Å²) >= 11 is 0. The number of pyridine rings is 2. The second kappa shape index (κ2) is 6.88. The van der Waals surface area contributed by atoms with Crippen LogP contribution in [-0.2, 0) is 6.54 Å².